The Kier molecular flexibility index (Phi) is 5.19. The highest BCUT2D eigenvalue weighted by atomic mass is 19.4. The first-order valence-corrected chi connectivity index (χ1v) is 7.18. The van der Waals surface area contributed by atoms with Crippen molar-refractivity contribution in [2.24, 2.45) is 0 Å². The van der Waals surface area contributed by atoms with Crippen molar-refractivity contribution in [3.05, 3.63) is 40.6 Å². The summed E-state index contributed by atoms with van der Waals surface area (Å²) in [5.41, 5.74) is -1.96. The van der Waals surface area contributed by atoms with E-state index in [0.29, 0.717) is 0 Å². The van der Waals surface area contributed by atoms with Crippen molar-refractivity contribution in [2.45, 2.75) is 26.9 Å². The van der Waals surface area contributed by atoms with Crippen LogP contribution in [0.2, 0.25) is 0 Å². The SMILES string of the molecule is CCNC(=O)c1c(Oc2ccc(F)nc2C)nnc(C(F)(F)F)c1C. The summed E-state index contributed by atoms with van der Waals surface area (Å²) in [6.45, 7) is 4.35. The molecular weight excluding hydrogens is 344 g/mol. The third kappa shape index (κ3) is 4.01. The molecule has 0 aliphatic heterocycles. The number of carbonyl (C=O) groups excluding carboxylic acids is 1. The molecule has 2 heterocycles. The topological polar surface area (TPSA) is 77.0 Å². The van der Waals surface area contributed by atoms with Crippen LogP contribution in [-0.2, 0) is 6.18 Å². The van der Waals surface area contributed by atoms with Crippen LogP contribution in [0.3, 0.4) is 0 Å². The number of carbonyl (C=O) groups is 1. The lowest BCUT2D eigenvalue weighted by atomic mass is 10.1. The minimum atomic E-state index is -4.77. The summed E-state index contributed by atoms with van der Waals surface area (Å²) in [6, 6.07) is 2.24. The molecule has 0 bridgehead atoms. The second kappa shape index (κ2) is 6.99. The maximum absolute atomic E-state index is 13.1. The van der Waals surface area contributed by atoms with E-state index in [1.54, 1.807) is 6.92 Å². The van der Waals surface area contributed by atoms with Gasteiger partial charge in [0.05, 0.1) is 5.69 Å². The Labute approximate surface area is 140 Å². The van der Waals surface area contributed by atoms with E-state index in [1.165, 1.54) is 13.0 Å². The number of pyridine rings is 1. The van der Waals surface area contributed by atoms with Gasteiger partial charge in [0.15, 0.2) is 11.4 Å². The van der Waals surface area contributed by atoms with Gasteiger partial charge in [-0.1, -0.05) is 0 Å². The minimum Gasteiger partial charge on any atom is -0.435 e. The first kappa shape index (κ1) is 18.6. The predicted molar refractivity (Wildman–Crippen MR) is 78.8 cm³/mol. The molecule has 0 saturated carbocycles. The summed E-state index contributed by atoms with van der Waals surface area (Å²) >= 11 is 0. The molecule has 10 heteroatoms. The first-order chi connectivity index (χ1) is 11.6. The van der Waals surface area contributed by atoms with Crippen LogP contribution in [-0.4, -0.2) is 27.6 Å². The minimum absolute atomic E-state index is 0.0420. The number of rotatable bonds is 4. The van der Waals surface area contributed by atoms with E-state index >= 15 is 0 Å². The van der Waals surface area contributed by atoms with Crippen LogP contribution in [0.4, 0.5) is 17.6 Å². The van der Waals surface area contributed by atoms with Gasteiger partial charge in [-0.25, -0.2) is 4.98 Å². The highest BCUT2D eigenvalue weighted by molar-refractivity contribution is 5.98. The lowest BCUT2D eigenvalue weighted by molar-refractivity contribution is -0.142. The van der Waals surface area contributed by atoms with Gasteiger partial charge in [0, 0.05) is 6.54 Å². The molecule has 0 fully saturated rings. The molecule has 2 aromatic heterocycles. The van der Waals surface area contributed by atoms with Gasteiger partial charge in [-0.05, 0) is 38.5 Å². The summed E-state index contributed by atoms with van der Waals surface area (Å²) in [7, 11) is 0. The highest BCUT2D eigenvalue weighted by Crippen LogP contribution is 2.34. The van der Waals surface area contributed by atoms with E-state index in [2.05, 4.69) is 20.5 Å². The van der Waals surface area contributed by atoms with Crippen LogP contribution in [0, 0.1) is 19.8 Å². The van der Waals surface area contributed by atoms with Crippen molar-refractivity contribution in [1.29, 1.82) is 0 Å². The Morgan fingerprint density at radius 1 is 1.24 bits per heavy atom. The number of aromatic nitrogens is 3. The largest absolute Gasteiger partial charge is 0.435 e. The number of hydrogen-bond acceptors (Lipinski definition) is 5. The first-order valence-electron chi connectivity index (χ1n) is 7.18. The lowest BCUT2D eigenvalue weighted by Gasteiger charge is -2.16. The molecule has 1 N–H and O–H groups in total. The molecular formula is C15H14F4N4O2. The maximum Gasteiger partial charge on any atom is 0.435 e. The van der Waals surface area contributed by atoms with Crippen LogP contribution in [0.1, 0.15) is 34.2 Å². The van der Waals surface area contributed by atoms with Crippen molar-refractivity contribution in [1.82, 2.24) is 20.5 Å². The van der Waals surface area contributed by atoms with Crippen molar-refractivity contribution < 1.29 is 27.1 Å². The zero-order valence-corrected chi connectivity index (χ0v) is 13.5. The smallest absolute Gasteiger partial charge is 0.435 e. The highest BCUT2D eigenvalue weighted by Gasteiger charge is 2.38. The average Bonchev–Trinajstić information content (AvgIpc) is 2.49. The molecule has 134 valence electrons. The van der Waals surface area contributed by atoms with Crippen LogP contribution < -0.4 is 10.1 Å². The molecule has 1 amide bonds. The van der Waals surface area contributed by atoms with Crippen molar-refractivity contribution >= 4 is 5.91 Å². The van der Waals surface area contributed by atoms with Gasteiger partial charge in [-0.3, -0.25) is 4.79 Å². The lowest BCUT2D eigenvalue weighted by Crippen LogP contribution is -2.26. The third-order valence-corrected chi connectivity index (χ3v) is 3.23. The van der Waals surface area contributed by atoms with E-state index in [0.717, 1.165) is 13.0 Å². The number of ether oxygens (including phenoxy) is 1. The van der Waals surface area contributed by atoms with Gasteiger partial charge in [0.2, 0.25) is 5.95 Å². The Hall–Kier alpha value is -2.78. The number of halogens is 4. The molecule has 2 aromatic rings. The third-order valence-electron chi connectivity index (χ3n) is 3.23. The number of aryl methyl sites for hydroxylation is 1. The normalized spacial score (nSPS) is 11.3. The van der Waals surface area contributed by atoms with E-state index in [-0.39, 0.29) is 18.0 Å². The summed E-state index contributed by atoms with van der Waals surface area (Å²) in [5.74, 6) is -1.92. The molecule has 0 aliphatic carbocycles. The fourth-order valence-corrected chi connectivity index (χ4v) is 2.09. The van der Waals surface area contributed by atoms with Gasteiger partial charge in [0.1, 0.15) is 5.56 Å². The Morgan fingerprint density at radius 3 is 2.48 bits per heavy atom. The molecule has 0 atom stereocenters. The molecule has 0 unspecified atom stereocenters. The predicted octanol–water partition coefficient (Wildman–Crippen LogP) is 3.19. The summed E-state index contributed by atoms with van der Waals surface area (Å²) in [6.07, 6.45) is -4.77. The van der Waals surface area contributed by atoms with Crippen molar-refractivity contribution in [3.8, 4) is 11.6 Å². The van der Waals surface area contributed by atoms with Crippen molar-refractivity contribution in [3.63, 3.8) is 0 Å². The van der Waals surface area contributed by atoms with Crippen LogP contribution in [0.15, 0.2) is 12.1 Å². The fourth-order valence-electron chi connectivity index (χ4n) is 2.09. The average molecular weight is 358 g/mol. The number of amides is 1. The van der Waals surface area contributed by atoms with Crippen LogP contribution in [0.25, 0.3) is 0 Å². The summed E-state index contributed by atoms with van der Waals surface area (Å²) in [5, 5.41) is 8.92. The van der Waals surface area contributed by atoms with Gasteiger partial charge in [-0.15, -0.1) is 10.2 Å². The van der Waals surface area contributed by atoms with E-state index < -0.39 is 40.7 Å². The van der Waals surface area contributed by atoms with Gasteiger partial charge in [-0.2, -0.15) is 17.6 Å². The molecule has 25 heavy (non-hydrogen) atoms. The van der Waals surface area contributed by atoms with Crippen LogP contribution >= 0.6 is 0 Å². The standard InChI is InChI=1S/C15H14F4N4O2/c1-4-20-13(24)11-7(2)12(15(17,18)19)22-23-14(11)25-9-5-6-10(16)21-8(9)3/h5-6H,4H2,1-3H3,(H,20,24). The van der Waals surface area contributed by atoms with Gasteiger partial charge < -0.3 is 10.1 Å². The van der Waals surface area contributed by atoms with Gasteiger partial charge >= 0.3 is 6.18 Å². The van der Waals surface area contributed by atoms with E-state index in [4.69, 9.17) is 4.74 Å². The zero-order valence-electron chi connectivity index (χ0n) is 13.5. The monoisotopic (exact) mass is 358 g/mol. The summed E-state index contributed by atoms with van der Waals surface area (Å²) in [4.78, 5) is 15.7. The quantitative estimate of drug-likeness (QED) is 0.671. The number of hydrogen-bond donors (Lipinski definition) is 1. The van der Waals surface area contributed by atoms with E-state index in [9.17, 15) is 22.4 Å². The van der Waals surface area contributed by atoms with Crippen LogP contribution in [0.5, 0.6) is 11.6 Å². The Balaban J connectivity index is 2.56. The molecule has 0 aliphatic rings. The molecule has 0 radical (unpaired) electrons. The molecule has 0 saturated heterocycles. The molecule has 0 aromatic carbocycles. The van der Waals surface area contributed by atoms with E-state index in [1.807, 2.05) is 0 Å². The Bertz CT molecular complexity index is 809. The maximum atomic E-state index is 13.1. The molecule has 0 spiro atoms. The number of nitrogens with zero attached hydrogens (tertiary/aromatic N) is 3. The number of alkyl halides is 3. The van der Waals surface area contributed by atoms with Crippen molar-refractivity contribution in [2.75, 3.05) is 6.54 Å². The van der Waals surface area contributed by atoms with Gasteiger partial charge in [0.25, 0.3) is 11.8 Å². The molecule has 2 rings (SSSR count). The summed E-state index contributed by atoms with van der Waals surface area (Å²) < 4.78 is 57.5. The molecule has 6 nitrogen and oxygen atoms in total. The Morgan fingerprint density at radius 2 is 1.92 bits per heavy atom. The second-order valence-electron chi connectivity index (χ2n) is 5.03. The second-order valence-corrected chi connectivity index (χ2v) is 5.03. The zero-order chi connectivity index (χ0) is 18.8. The number of nitrogens with one attached hydrogen (secondary N) is 1. The fraction of sp³-hybridized carbons (Fsp3) is 0.333.